The molecule has 42 heavy (non-hydrogen) atoms. The summed E-state index contributed by atoms with van der Waals surface area (Å²) in [6, 6.07) is 12.2. The van der Waals surface area contributed by atoms with E-state index < -0.39 is 17.8 Å². The number of carbonyl (C=O) groups is 1. The van der Waals surface area contributed by atoms with Gasteiger partial charge in [0.1, 0.15) is 5.84 Å². The van der Waals surface area contributed by atoms with E-state index in [4.69, 9.17) is 10.7 Å². The largest absolute Gasteiger partial charge is 0.416 e. The molecule has 2 fully saturated rings. The molecular formula is C31H36F3N7O. The van der Waals surface area contributed by atoms with E-state index in [9.17, 15) is 18.0 Å². The highest BCUT2D eigenvalue weighted by Crippen LogP contribution is 2.41. The molecule has 0 radical (unpaired) electrons. The van der Waals surface area contributed by atoms with Crippen LogP contribution in [-0.4, -0.2) is 66.9 Å². The summed E-state index contributed by atoms with van der Waals surface area (Å²) in [5.41, 5.74) is 11.1. The third kappa shape index (κ3) is 6.91. The molecule has 1 aliphatic heterocycles. The Bertz CT molecular complexity index is 1480. The van der Waals surface area contributed by atoms with Crippen LogP contribution in [-0.2, 0) is 12.7 Å². The quantitative estimate of drug-likeness (QED) is 0.247. The van der Waals surface area contributed by atoms with Crippen molar-refractivity contribution < 1.29 is 18.0 Å². The Hall–Kier alpha value is -3.96. The van der Waals surface area contributed by atoms with E-state index in [1.807, 2.05) is 26.1 Å². The van der Waals surface area contributed by atoms with Crippen LogP contribution in [0.1, 0.15) is 46.8 Å². The summed E-state index contributed by atoms with van der Waals surface area (Å²) in [6.07, 6.45) is -2.29. The Morgan fingerprint density at radius 3 is 2.36 bits per heavy atom. The van der Waals surface area contributed by atoms with Gasteiger partial charge in [-0.25, -0.2) is 4.79 Å². The highest BCUT2D eigenvalue weighted by Gasteiger charge is 2.31. The minimum Gasteiger partial charge on any atom is -0.383 e. The predicted octanol–water partition coefficient (Wildman–Crippen LogP) is 5.68. The number of anilines is 2. The number of hydrogen-bond acceptors (Lipinski definition) is 5. The summed E-state index contributed by atoms with van der Waals surface area (Å²) in [7, 11) is 3.68. The molecule has 11 heteroatoms. The van der Waals surface area contributed by atoms with E-state index in [0.29, 0.717) is 29.5 Å². The Morgan fingerprint density at radius 2 is 1.74 bits per heavy atom. The standard InChI is InChI=1S/C31H36F3N7O/c1-19-28(29(35)36-2)25(17-27(37-19)21-4-5-21)20-7-10-24(11-8-20)38-30(42)39-26-16-23(31(32,33)34)9-6-22(26)18-41-14-12-40(3)13-15-41/h6-11,16-17,21H,4-5,12-15,18H2,1-3H3,(H2,35,36)(H2,38,39,42). The van der Waals surface area contributed by atoms with Gasteiger partial charge in [0.15, 0.2) is 0 Å². The van der Waals surface area contributed by atoms with Gasteiger partial charge in [0.05, 0.1) is 5.56 Å². The average molecular weight is 580 g/mol. The van der Waals surface area contributed by atoms with Crippen LogP contribution >= 0.6 is 0 Å². The molecule has 2 amide bonds. The van der Waals surface area contributed by atoms with Gasteiger partial charge in [-0.3, -0.25) is 14.9 Å². The molecule has 1 saturated heterocycles. The van der Waals surface area contributed by atoms with Gasteiger partial charge in [0.2, 0.25) is 0 Å². The molecule has 1 aliphatic carbocycles. The first-order chi connectivity index (χ1) is 20.0. The molecule has 1 aromatic heterocycles. The smallest absolute Gasteiger partial charge is 0.383 e. The highest BCUT2D eigenvalue weighted by atomic mass is 19.4. The van der Waals surface area contributed by atoms with Crippen molar-refractivity contribution in [1.29, 1.82) is 0 Å². The zero-order valence-corrected chi connectivity index (χ0v) is 24.1. The van der Waals surface area contributed by atoms with Crippen LogP contribution in [0.3, 0.4) is 0 Å². The number of urea groups is 1. The number of likely N-dealkylation sites (N-methyl/N-ethyl adjacent to an activating group) is 1. The van der Waals surface area contributed by atoms with Crippen LogP contribution in [0.15, 0.2) is 53.5 Å². The number of halogens is 3. The Balaban J connectivity index is 1.34. The number of carbonyl (C=O) groups excluding carboxylic acids is 1. The number of aryl methyl sites for hydroxylation is 1. The summed E-state index contributed by atoms with van der Waals surface area (Å²) in [5, 5.41) is 5.41. The van der Waals surface area contributed by atoms with Gasteiger partial charge in [0, 0.05) is 74.0 Å². The molecule has 5 rings (SSSR count). The van der Waals surface area contributed by atoms with Gasteiger partial charge in [-0.05, 0) is 73.8 Å². The lowest BCUT2D eigenvalue weighted by Crippen LogP contribution is -2.44. The second kappa shape index (κ2) is 12.1. The number of amides is 2. The number of alkyl halides is 3. The lowest BCUT2D eigenvalue weighted by Gasteiger charge is -2.32. The van der Waals surface area contributed by atoms with E-state index in [-0.39, 0.29) is 5.69 Å². The third-order valence-electron chi connectivity index (χ3n) is 7.84. The zero-order chi connectivity index (χ0) is 30.0. The maximum absolute atomic E-state index is 13.5. The van der Waals surface area contributed by atoms with Crippen molar-refractivity contribution in [2.24, 2.45) is 10.7 Å². The van der Waals surface area contributed by atoms with E-state index in [0.717, 1.165) is 79.2 Å². The average Bonchev–Trinajstić information content (AvgIpc) is 3.80. The topological polar surface area (TPSA) is 98.9 Å². The van der Waals surface area contributed by atoms with Crippen molar-refractivity contribution in [3.05, 3.63) is 76.6 Å². The molecule has 0 spiro atoms. The van der Waals surface area contributed by atoms with Crippen LogP contribution in [0.25, 0.3) is 11.1 Å². The monoisotopic (exact) mass is 579 g/mol. The number of piperazine rings is 1. The zero-order valence-electron chi connectivity index (χ0n) is 24.1. The van der Waals surface area contributed by atoms with Gasteiger partial charge in [-0.2, -0.15) is 13.2 Å². The number of aromatic nitrogens is 1. The summed E-state index contributed by atoms with van der Waals surface area (Å²) < 4.78 is 40.5. The van der Waals surface area contributed by atoms with Crippen LogP contribution in [0.4, 0.5) is 29.3 Å². The molecule has 8 nitrogen and oxygen atoms in total. The van der Waals surface area contributed by atoms with Crippen LogP contribution in [0.2, 0.25) is 0 Å². The lowest BCUT2D eigenvalue weighted by atomic mass is 9.96. The number of aliphatic imine (C=N–C) groups is 1. The fourth-order valence-electron chi connectivity index (χ4n) is 5.22. The van der Waals surface area contributed by atoms with E-state index in [1.54, 1.807) is 19.2 Å². The minimum atomic E-state index is -4.52. The van der Waals surface area contributed by atoms with Gasteiger partial charge < -0.3 is 21.3 Å². The number of nitrogens with zero attached hydrogens (tertiary/aromatic N) is 4. The first-order valence-corrected chi connectivity index (χ1v) is 14.1. The summed E-state index contributed by atoms with van der Waals surface area (Å²) in [4.78, 5) is 26.3. The maximum atomic E-state index is 13.5. The van der Waals surface area contributed by atoms with E-state index in [1.165, 1.54) is 6.07 Å². The molecule has 2 heterocycles. The summed E-state index contributed by atoms with van der Waals surface area (Å²) in [5.74, 6) is 0.852. The second-order valence-electron chi connectivity index (χ2n) is 11.0. The molecular weight excluding hydrogens is 543 g/mol. The van der Waals surface area contributed by atoms with Gasteiger partial charge in [-0.1, -0.05) is 18.2 Å². The number of rotatable bonds is 7. The van der Waals surface area contributed by atoms with Crippen molar-refractivity contribution in [2.45, 2.75) is 38.4 Å². The van der Waals surface area contributed by atoms with Crippen LogP contribution < -0.4 is 16.4 Å². The number of amidine groups is 1. The molecule has 3 aromatic rings. The molecule has 0 atom stereocenters. The normalized spacial score (nSPS) is 16.9. The Kier molecular flexibility index (Phi) is 8.51. The van der Waals surface area contributed by atoms with Crippen molar-refractivity contribution in [2.75, 3.05) is 50.9 Å². The SMILES string of the molecule is CN=C(N)c1c(-c2ccc(NC(=O)Nc3cc(C(F)(F)F)ccc3CN3CCN(C)CC3)cc2)cc(C2CC2)nc1C. The predicted molar refractivity (Wildman–Crippen MR) is 160 cm³/mol. The molecule has 0 bridgehead atoms. The van der Waals surface area contributed by atoms with Gasteiger partial charge >= 0.3 is 12.2 Å². The number of hydrogen-bond donors (Lipinski definition) is 3. The molecule has 2 aromatic carbocycles. The van der Waals surface area contributed by atoms with Crippen molar-refractivity contribution in [3.8, 4) is 11.1 Å². The van der Waals surface area contributed by atoms with Crippen LogP contribution in [0, 0.1) is 6.92 Å². The molecule has 0 unspecified atom stereocenters. The number of nitrogens with two attached hydrogens (primary N) is 1. The van der Waals surface area contributed by atoms with Gasteiger partial charge in [0.25, 0.3) is 0 Å². The minimum absolute atomic E-state index is 0.136. The molecule has 1 saturated carbocycles. The molecule has 4 N–H and O–H groups in total. The molecule has 2 aliphatic rings. The fourth-order valence-corrected chi connectivity index (χ4v) is 5.22. The van der Waals surface area contributed by atoms with E-state index >= 15 is 0 Å². The maximum Gasteiger partial charge on any atom is 0.416 e. The third-order valence-corrected chi connectivity index (χ3v) is 7.84. The summed E-state index contributed by atoms with van der Waals surface area (Å²) >= 11 is 0. The highest BCUT2D eigenvalue weighted by molar-refractivity contribution is 6.05. The number of nitrogens with one attached hydrogen (secondary N) is 2. The van der Waals surface area contributed by atoms with E-state index in [2.05, 4.69) is 31.5 Å². The van der Waals surface area contributed by atoms with Crippen molar-refractivity contribution in [3.63, 3.8) is 0 Å². The molecule has 222 valence electrons. The van der Waals surface area contributed by atoms with Crippen LogP contribution in [0.5, 0.6) is 0 Å². The fraction of sp³-hybridized carbons (Fsp3) is 0.387. The lowest BCUT2D eigenvalue weighted by molar-refractivity contribution is -0.137. The van der Waals surface area contributed by atoms with Crippen molar-refractivity contribution in [1.82, 2.24) is 14.8 Å². The van der Waals surface area contributed by atoms with Gasteiger partial charge in [-0.15, -0.1) is 0 Å². The number of pyridine rings is 1. The van der Waals surface area contributed by atoms with Crippen molar-refractivity contribution >= 4 is 23.2 Å². The Morgan fingerprint density at radius 1 is 1.05 bits per heavy atom. The first kappa shape index (κ1) is 29.5. The number of benzene rings is 2. The second-order valence-corrected chi connectivity index (χ2v) is 11.0. The Labute approximate surface area is 243 Å². The first-order valence-electron chi connectivity index (χ1n) is 14.1. The summed E-state index contributed by atoms with van der Waals surface area (Å²) in [6.45, 7) is 5.71.